The number of hydrogen-bond donors (Lipinski definition) is 1. The molecular formula is C12H10F3N3. The first kappa shape index (κ1) is 12.5. The fraction of sp³-hybridized carbons (Fsp3) is 0.167. The lowest BCUT2D eigenvalue weighted by atomic mass is 10.0. The zero-order chi connectivity index (χ0) is 13.1. The van der Waals surface area contributed by atoms with Crippen LogP contribution < -0.4 is 5.32 Å². The number of rotatable bonds is 3. The Morgan fingerprint density at radius 2 is 1.72 bits per heavy atom. The van der Waals surface area contributed by atoms with Crippen molar-refractivity contribution in [1.29, 1.82) is 0 Å². The minimum atomic E-state index is -1.48. The van der Waals surface area contributed by atoms with Gasteiger partial charge in [0, 0.05) is 23.5 Å². The molecule has 0 saturated heterocycles. The number of nitrogens with one attached hydrogen (secondary N) is 1. The molecule has 1 aromatic carbocycles. The largest absolute Gasteiger partial charge is 0.309 e. The molecule has 0 bridgehead atoms. The number of nitrogens with zero attached hydrogens (tertiary/aromatic N) is 2. The standard InChI is InChI=1S/C12H10F3N3/c1-16-12(7-4-17-6-18-5-7)8-2-3-9(13)11(15)10(8)14/h2-6,12,16H,1H3. The molecule has 2 rings (SSSR count). The lowest BCUT2D eigenvalue weighted by molar-refractivity contribution is 0.435. The van der Waals surface area contributed by atoms with Crippen molar-refractivity contribution in [2.45, 2.75) is 6.04 Å². The highest BCUT2D eigenvalue weighted by Gasteiger charge is 2.21. The predicted octanol–water partition coefficient (Wildman–Crippen LogP) is 2.20. The van der Waals surface area contributed by atoms with Crippen LogP contribution in [0.4, 0.5) is 13.2 Å². The molecule has 1 unspecified atom stereocenters. The van der Waals surface area contributed by atoms with Crippen LogP contribution in [0.15, 0.2) is 30.9 Å². The van der Waals surface area contributed by atoms with Crippen molar-refractivity contribution in [2.24, 2.45) is 0 Å². The van der Waals surface area contributed by atoms with Crippen molar-refractivity contribution in [1.82, 2.24) is 15.3 Å². The Hall–Kier alpha value is -1.95. The molecule has 0 aliphatic rings. The van der Waals surface area contributed by atoms with Crippen molar-refractivity contribution in [2.75, 3.05) is 7.05 Å². The van der Waals surface area contributed by atoms with Crippen LogP contribution in [0, 0.1) is 17.5 Å². The lowest BCUT2D eigenvalue weighted by Crippen LogP contribution is -2.20. The molecular weight excluding hydrogens is 243 g/mol. The third-order valence-electron chi connectivity index (χ3n) is 2.58. The van der Waals surface area contributed by atoms with E-state index in [0.717, 1.165) is 6.07 Å². The maximum absolute atomic E-state index is 13.7. The van der Waals surface area contributed by atoms with Gasteiger partial charge in [-0.2, -0.15) is 0 Å². The van der Waals surface area contributed by atoms with Gasteiger partial charge in [-0.05, 0) is 13.1 Å². The van der Waals surface area contributed by atoms with E-state index in [0.29, 0.717) is 5.56 Å². The molecule has 0 radical (unpaired) electrons. The van der Waals surface area contributed by atoms with Crippen LogP contribution in [0.2, 0.25) is 0 Å². The number of aromatic nitrogens is 2. The highest BCUT2D eigenvalue weighted by atomic mass is 19.2. The molecule has 0 amide bonds. The van der Waals surface area contributed by atoms with Crippen molar-refractivity contribution in [3.05, 3.63) is 59.4 Å². The van der Waals surface area contributed by atoms with Crippen LogP contribution in [0.5, 0.6) is 0 Å². The smallest absolute Gasteiger partial charge is 0.194 e. The fourth-order valence-corrected chi connectivity index (χ4v) is 1.73. The molecule has 2 aromatic rings. The molecule has 3 nitrogen and oxygen atoms in total. The maximum Gasteiger partial charge on any atom is 0.194 e. The summed E-state index contributed by atoms with van der Waals surface area (Å²) in [6.45, 7) is 0. The Morgan fingerprint density at radius 3 is 2.33 bits per heavy atom. The molecule has 0 aliphatic heterocycles. The average molecular weight is 253 g/mol. The quantitative estimate of drug-likeness (QED) is 0.852. The van der Waals surface area contributed by atoms with E-state index in [2.05, 4.69) is 15.3 Å². The van der Waals surface area contributed by atoms with Gasteiger partial charge < -0.3 is 5.32 Å². The zero-order valence-corrected chi connectivity index (χ0v) is 9.49. The molecule has 1 atom stereocenters. The number of hydrogen-bond acceptors (Lipinski definition) is 3. The van der Waals surface area contributed by atoms with Crippen molar-refractivity contribution < 1.29 is 13.2 Å². The van der Waals surface area contributed by atoms with Crippen LogP contribution in [0.25, 0.3) is 0 Å². The maximum atomic E-state index is 13.7. The van der Waals surface area contributed by atoms with E-state index < -0.39 is 23.5 Å². The molecule has 18 heavy (non-hydrogen) atoms. The molecule has 0 fully saturated rings. The summed E-state index contributed by atoms with van der Waals surface area (Å²) in [5, 5.41) is 2.81. The third kappa shape index (κ3) is 2.19. The Labute approximate surface area is 102 Å². The highest BCUT2D eigenvalue weighted by molar-refractivity contribution is 5.31. The van der Waals surface area contributed by atoms with E-state index in [-0.39, 0.29) is 5.56 Å². The Morgan fingerprint density at radius 1 is 1.06 bits per heavy atom. The topological polar surface area (TPSA) is 37.8 Å². The number of halogens is 3. The van der Waals surface area contributed by atoms with Gasteiger partial charge in [-0.3, -0.25) is 0 Å². The van der Waals surface area contributed by atoms with Gasteiger partial charge in [-0.1, -0.05) is 6.07 Å². The lowest BCUT2D eigenvalue weighted by Gasteiger charge is -2.17. The average Bonchev–Trinajstić information content (AvgIpc) is 2.41. The van der Waals surface area contributed by atoms with Gasteiger partial charge in [0.25, 0.3) is 0 Å². The summed E-state index contributed by atoms with van der Waals surface area (Å²) >= 11 is 0. The van der Waals surface area contributed by atoms with Crippen LogP contribution >= 0.6 is 0 Å². The van der Waals surface area contributed by atoms with E-state index in [1.165, 1.54) is 24.8 Å². The van der Waals surface area contributed by atoms with E-state index in [9.17, 15) is 13.2 Å². The molecule has 0 aliphatic carbocycles. The summed E-state index contributed by atoms with van der Waals surface area (Å²) in [5.41, 5.74) is 0.566. The molecule has 1 N–H and O–H groups in total. The van der Waals surface area contributed by atoms with E-state index >= 15 is 0 Å². The Bertz CT molecular complexity index is 546. The highest BCUT2D eigenvalue weighted by Crippen LogP contribution is 2.25. The molecule has 1 heterocycles. The predicted molar refractivity (Wildman–Crippen MR) is 59.3 cm³/mol. The fourth-order valence-electron chi connectivity index (χ4n) is 1.73. The van der Waals surface area contributed by atoms with Crippen LogP contribution in [-0.4, -0.2) is 17.0 Å². The van der Waals surface area contributed by atoms with Crippen LogP contribution in [-0.2, 0) is 0 Å². The van der Waals surface area contributed by atoms with Crippen molar-refractivity contribution in [3.63, 3.8) is 0 Å². The van der Waals surface area contributed by atoms with Gasteiger partial charge >= 0.3 is 0 Å². The minimum Gasteiger partial charge on any atom is -0.309 e. The molecule has 94 valence electrons. The summed E-state index contributed by atoms with van der Waals surface area (Å²) < 4.78 is 39.8. The monoisotopic (exact) mass is 253 g/mol. The second-order valence-electron chi connectivity index (χ2n) is 3.66. The SMILES string of the molecule is CNC(c1cncnc1)c1ccc(F)c(F)c1F. The Kier molecular flexibility index (Phi) is 3.57. The molecule has 0 spiro atoms. The zero-order valence-electron chi connectivity index (χ0n) is 9.49. The summed E-state index contributed by atoms with van der Waals surface area (Å²) in [5.74, 6) is -3.90. The molecule has 6 heteroatoms. The van der Waals surface area contributed by atoms with E-state index in [4.69, 9.17) is 0 Å². The van der Waals surface area contributed by atoms with Crippen molar-refractivity contribution >= 4 is 0 Å². The van der Waals surface area contributed by atoms with E-state index in [1.807, 2.05) is 0 Å². The third-order valence-corrected chi connectivity index (χ3v) is 2.58. The van der Waals surface area contributed by atoms with Gasteiger partial charge in [0.1, 0.15) is 6.33 Å². The normalized spacial score (nSPS) is 12.4. The number of benzene rings is 1. The van der Waals surface area contributed by atoms with Crippen LogP contribution in [0.1, 0.15) is 17.2 Å². The van der Waals surface area contributed by atoms with Crippen LogP contribution in [0.3, 0.4) is 0 Å². The van der Waals surface area contributed by atoms with E-state index in [1.54, 1.807) is 7.05 Å². The first-order valence-corrected chi connectivity index (χ1v) is 5.20. The van der Waals surface area contributed by atoms with Crippen molar-refractivity contribution in [3.8, 4) is 0 Å². The van der Waals surface area contributed by atoms with Gasteiger partial charge in [-0.25, -0.2) is 23.1 Å². The van der Waals surface area contributed by atoms with Gasteiger partial charge in [0.05, 0.1) is 6.04 Å². The second kappa shape index (κ2) is 5.14. The second-order valence-corrected chi connectivity index (χ2v) is 3.66. The minimum absolute atomic E-state index is 0.00574. The van der Waals surface area contributed by atoms with Gasteiger partial charge in [-0.15, -0.1) is 0 Å². The summed E-state index contributed by atoms with van der Waals surface area (Å²) in [6, 6.07) is 1.45. The molecule has 0 saturated carbocycles. The van der Waals surface area contributed by atoms with Gasteiger partial charge in [0.2, 0.25) is 0 Å². The first-order chi connectivity index (χ1) is 8.65. The first-order valence-electron chi connectivity index (χ1n) is 5.20. The summed E-state index contributed by atoms with van der Waals surface area (Å²) in [7, 11) is 1.58. The molecule has 1 aromatic heterocycles. The van der Waals surface area contributed by atoms with Gasteiger partial charge in [0.15, 0.2) is 17.5 Å². The Balaban J connectivity index is 2.50. The summed E-state index contributed by atoms with van der Waals surface area (Å²) in [6.07, 6.45) is 4.29. The summed E-state index contributed by atoms with van der Waals surface area (Å²) in [4.78, 5) is 7.61.